The normalized spacial score (nSPS) is 14.7. The zero-order valence-electron chi connectivity index (χ0n) is 13.8. The van der Waals surface area contributed by atoms with E-state index in [1.54, 1.807) is 12.1 Å². The number of nitrogens with one attached hydrogen (secondary N) is 1. The Kier molecular flexibility index (Phi) is 6.28. The van der Waals surface area contributed by atoms with Crippen LogP contribution >= 0.6 is 11.6 Å². The summed E-state index contributed by atoms with van der Waals surface area (Å²) in [4.78, 5) is 27.7. The van der Waals surface area contributed by atoms with Crippen LogP contribution in [-0.4, -0.2) is 43.9 Å². The molecule has 2 rings (SSSR count). The number of rotatable bonds is 6. The van der Waals surface area contributed by atoms with Crippen LogP contribution in [0.2, 0.25) is 5.02 Å². The highest BCUT2D eigenvalue weighted by Crippen LogP contribution is 2.28. The number of anilines is 2. The second-order valence-corrected chi connectivity index (χ2v) is 6.48. The first-order chi connectivity index (χ1) is 11.0. The summed E-state index contributed by atoms with van der Waals surface area (Å²) in [6, 6.07) is 5.43. The van der Waals surface area contributed by atoms with Crippen molar-refractivity contribution in [3.63, 3.8) is 0 Å². The third-order valence-electron chi connectivity index (χ3n) is 3.97. The van der Waals surface area contributed by atoms with E-state index in [9.17, 15) is 9.59 Å². The van der Waals surface area contributed by atoms with Gasteiger partial charge >= 0.3 is 0 Å². The summed E-state index contributed by atoms with van der Waals surface area (Å²) in [6.07, 6.45) is 3.75. The van der Waals surface area contributed by atoms with Crippen LogP contribution in [0.1, 0.15) is 32.1 Å². The van der Waals surface area contributed by atoms with E-state index in [2.05, 4.69) is 5.32 Å². The van der Waals surface area contributed by atoms with Crippen molar-refractivity contribution >= 4 is 34.8 Å². The lowest BCUT2D eigenvalue weighted by Crippen LogP contribution is -2.36. The van der Waals surface area contributed by atoms with Crippen molar-refractivity contribution in [3.05, 3.63) is 23.2 Å². The molecule has 0 bridgehead atoms. The minimum atomic E-state index is -0.0557. The molecule has 0 atom stereocenters. The maximum Gasteiger partial charge on any atom is 0.224 e. The summed E-state index contributed by atoms with van der Waals surface area (Å²) in [7, 11) is 3.84. The molecule has 1 aromatic carbocycles. The minimum Gasteiger partial charge on any atom is -0.376 e. The van der Waals surface area contributed by atoms with E-state index in [0.29, 0.717) is 36.5 Å². The van der Waals surface area contributed by atoms with Crippen molar-refractivity contribution in [2.45, 2.75) is 32.1 Å². The monoisotopic (exact) mass is 337 g/mol. The molecule has 0 aromatic heterocycles. The van der Waals surface area contributed by atoms with Crippen molar-refractivity contribution in [1.29, 1.82) is 0 Å². The number of hydrogen-bond donors (Lipinski definition) is 1. The lowest BCUT2D eigenvalue weighted by molar-refractivity contribution is -0.133. The zero-order valence-corrected chi connectivity index (χ0v) is 14.5. The van der Waals surface area contributed by atoms with Crippen LogP contribution in [0.3, 0.4) is 0 Å². The van der Waals surface area contributed by atoms with Crippen molar-refractivity contribution in [1.82, 2.24) is 4.90 Å². The molecule has 0 unspecified atom stereocenters. The van der Waals surface area contributed by atoms with Crippen LogP contribution in [0.25, 0.3) is 0 Å². The van der Waals surface area contributed by atoms with E-state index in [0.717, 1.165) is 25.1 Å². The molecule has 1 aliphatic heterocycles. The second-order valence-electron chi connectivity index (χ2n) is 6.05. The largest absolute Gasteiger partial charge is 0.376 e. The molecule has 0 spiro atoms. The van der Waals surface area contributed by atoms with Gasteiger partial charge in [0.25, 0.3) is 0 Å². The van der Waals surface area contributed by atoms with Gasteiger partial charge in [0.1, 0.15) is 0 Å². The van der Waals surface area contributed by atoms with Crippen molar-refractivity contribution in [2.75, 3.05) is 37.4 Å². The van der Waals surface area contributed by atoms with Crippen LogP contribution in [0.5, 0.6) is 0 Å². The van der Waals surface area contributed by atoms with Gasteiger partial charge in [-0.1, -0.05) is 11.6 Å². The number of benzene rings is 1. The van der Waals surface area contributed by atoms with Crippen molar-refractivity contribution in [3.8, 4) is 0 Å². The standard InChI is InChI=1S/C17H24ClN3O2/c1-20(2)15-9-8-13(18)12-14(15)19-16(22)6-5-11-21-10-4-3-7-17(21)23/h8-9,12H,3-7,10-11H2,1-2H3,(H,19,22). The molecular weight excluding hydrogens is 314 g/mol. The van der Waals surface area contributed by atoms with Gasteiger partial charge in [0.15, 0.2) is 0 Å². The minimum absolute atomic E-state index is 0.0557. The molecule has 6 heteroatoms. The summed E-state index contributed by atoms with van der Waals surface area (Å²) in [5.41, 5.74) is 1.62. The average molecular weight is 338 g/mol. The van der Waals surface area contributed by atoms with E-state index in [-0.39, 0.29) is 11.8 Å². The highest BCUT2D eigenvalue weighted by Gasteiger charge is 2.17. The number of amides is 2. The van der Waals surface area contributed by atoms with Crippen LogP contribution in [0.15, 0.2) is 18.2 Å². The summed E-state index contributed by atoms with van der Waals surface area (Å²) in [5, 5.41) is 3.50. The van der Waals surface area contributed by atoms with Crippen LogP contribution in [-0.2, 0) is 9.59 Å². The van der Waals surface area contributed by atoms with Gasteiger partial charge in [-0.15, -0.1) is 0 Å². The van der Waals surface area contributed by atoms with Gasteiger partial charge in [0.05, 0.1) is 11.4 Å². The second kappa shape index (κ2) is 8.20. The molecule has 23 heavy (non-hydrogen) atoms. The number of likely N-dealkylation sites (tertiary alicyclic amines) is 1. The molecule has 2 amide bonds. The summed E-state index contributed by atoms with van der Waals surface area (Å²) < 4.78 is 0. The Labute approximate surface area is 142 Å². The number of halogens is 1. The van der Waals surface area contributed by atoms with Crippen molar-refractivity contribution in [2.24, 2.45) is 0 Å². The number of piperidine rings is 1. The molecule has 126 valence electrons. The SMILES string of the molecule is CN(C)c1ccc(Cl)cc1NC(=O)CCCN1CCCCC1=O. The van der Waals surface area contributed by atoms with Crippen molar-refractivity contribution < 1.29 is 9.59 Å². The Morgan fingerprint density at radius 1 is 1.35 bits per heavy atom. The Morgan fingerprint density at radius 3 is 2.83 bits per heavy atom. The summed E-state index contributed by atoms with van der Waals surface area (Å²) >= 11 is 6.01. The molecule has 5 nitrogen and oxygen atoms in total. The van der Waals surface area contributed by atoms with Gasteiger partial charge in [-0.2, -0.15) is 0 Å². The Bertz CT molecular complexity index is 575. The van der Waals surface area contributed by atoms with E-state index in [1.807, 2.05) is 30.0 Å². The number of carbonyl (C=O) groups is 2. The fourth-order valence-electron chi connectivity index (χ4n) is 2.74. The smallest absolute Gasteiger partial charge is 0.224 e. The average Bonchev–Trinajstić information content (AvgIpc) is 2.49. The maximum atomic E-state index is 12.1. The lowest BCUT2D eigenvalue weighted by atomic mass is 10.1. The van der Waals surface area contributed by atoms with Gasteiger partial charge in [-0.05, 0) is 37.5 Å². The van der Waals surface area contributed by atoms with Gasteiger partial charge in [-0.25, -0.2) is 0 Å². The Balaban J connectivity index is 1.85. The fourth-order valence-corrected chi connectivity index (χ4v) is 2.91. The lowest BCUT2D eigenvalue weighted by Gasteiger charge is -2.26. The van der Waals surface area contributed by atoms with Gasteiger partial charge < -0.3 is 15.1 Å². The van der Waals surface area contributed by atoms with Gasteiger partial charge in [-0.3, -0.25) is 9.59 Å². The zero-order chi connectivity index (χ0) is 16.8. The summed E-state index contributed by atoms with van der Waals surface area (Å²) in [6.45, 7) is 1.47. The summed E-state index contributed by atoms with van der Waals surface area (Å²) in [5.74, 6) is 0.154. The molecule has 0 radical (unpaired) electrons. The van der Waals surface area contributed by atoms with E-state index >= 15 is 0 Å². The fraction of sp³-hybridized carbons (Fsp3) is 0.529. The van der Waals surface area contributed by atoms with E-state index in [1.165, 1.54) is 0 Å². The molecule has 1 saturated heterocycles. The first-order valence-electron chi connectivity index (χ1n) is 8.02. The molecule has 1 fully saturated rings. The van der Waals surface area contributed by atoms with Crippen LogP contribution < -0.4 is 10.2 Å². The number of nitrogens with zero attached hydrogens (tertiary/aromatic N) is 2. The molecule has 1 aromatic rings. The molecule has 0 aliphatic carbocycles. The van der Waals surface area contributed by atoms with Gasteiger partial charge in [0, 0.05) is 45.0 Å². The first-order valence-corrected chi connectivity index (χ1v) is 8.39. The number of hydrogen-bond acceptors (Lipinski definition) is 3. The topological polar surface area (TPSA) is 52.7 Å². The maximum absolute atomic E-state index is 12.1. The van der Waals surface area contributed by atoms with Gasteiger partial charge in [0.2, 0.25) is 11.8 Å². The highest BCUT2D eigenvalue weighted by molar-refractivity contribution is 6.31. The predicted octanol–water partition coefficient (Wildman–Crippen LogP) is 3.14. The Hall–Kier alpha value is -1.75. The Morgan fingerprint density at radius 2 is 2.13 bits per heavy atom. The van der Waals surface area contributed by atoms with E-state index in [4.69, 9.17) is 11.6 Å². The van der Waals surface area contributed by atoms with Crippen LogP contribution in [0.4, 0.5) is 11.4 Å². The van der Waals surface area contributed by atoms with Crippen LogP contribution in [0, 0.1) is 0 Å². The predicted molar refractivity (Wildman–Crippen MR) is 94.1 cm³/mol. The first kappa shape index (κ1) is 17.6. The quantitative estimate of drug-likeness (QED) is 0.867. The molecule has 1 N–H and O–H groups in total. The number of carbonyl (C=O) groups excluding carboxylic acids is 2. The molecule has 1 heterocycles. The molecule has 0 saturated carbocycles. The molecule has 1 aliphatic rings. The molecular formula is C17H24ClN3O2. The highest BCUT2D eigenvalue weighted by atomic mass is 35.5. The van der Waals surface area contributed by atoms with E-state index < -0.39 is 0 Å². The third kappa shape index (κ3) is 5.13. The third-order valence-corrected chi connectivity index (χ3v) is 4.20.